The Hall–Kier alpha value is -1.42. The van der Waals surface area contributed by atoms with E-state index in [1.54, 1.807) is 6.20 Å². The molecule has 0 aliphatic carbocycles. The van der Waals surface area contributed by atoms with Crippen molar-refractivity contribution in [2.75, 3.05) is 32.7 Å². The number of nitrogens with zero attached hydrogens (tertiary/aromatic N) is 3. The van der Waals surface area contributed by atoms with Crippen LogP contribution in [0.1, 0.15) is 38.8 Å². The number of likely N-dealkylation sites (tertiary alicyclic amines) is 2. The van der Waals surface area contributed by atoms with E-state index < -0.39 is 0 Å². The number of hydrogen-bond acceptors (Lipinski definition) is 3. The van der Waals surface area contributed by atoms with E-state index in [-0.39, 0.29) is 5.91 Å². The third-order valence-corrected chi connectivity index (χ3v) is 5.21. The van der Waals surface area contributed by atoms with E-state index in [1.807, 2.05) is 18.2 Å². The van der Waals surface area contributed by atoms with Crippen molar-refractivity contribution in [3.05, 3.63) is 30.1 Å². The molecule has 4 heteroatoms. The minimum atomic E-state index is 0.238. The monoisotopic (exact) mass is 315 g/mol. The van der Waals surface area contributed by atoms with Crippen LogP contribution in [-0.2, 0) is 11.2 Å². The maximum Gasteiger partial charge on any atom is 0.228 e. The van der Waals surface area contributed by atoms with Crippen LogP contribution in [0.5, 0.6) is 0 Å². The van der Waals surface area contributed by atoms with Gasteiger partial charge in [-0.05, 0) is 43.9 Å². The maximum absolute atomic E-state index is 12.6. The number of piperidine rings is 1. The summed E-state index contributed by atoms with van der Waals surface area (Å²) in [5, 5.41) is 0. The van der Waals surface area contributed by atoms with Gasteiger partial charge in [-0.2, -0.15) is 0 Å². The molecule has 126 valence electrons. The Kier molecular flexibility index (Phi) is 5.00. The molecule has 0 aromatic carbocycles. The third kappa shape index (κ3) is 4.11. The minimum Gasteiger partial charge on any atom is -0.342 e. The summed E-state index contributed by atoms with van der Waals surface area (Å²) < 4.78 is 0. The predicted molar refractivity (Wildman–Crippen MR) is 92.1 cm³/mol. The first-order valence-corrected chi connectivity index (χ1v) is 8.96. The van der Waals surface area contributed by atoms with Crippen molar-refractivity contribution in [3.63, 3.8) is 0 Å². The Labute approximate surface area is 139 Å². The van der Waals surface area contributed by atoms with Gasteiger partial charge in [-0.1, -0.05) is 19.9 Å². The highest BCUT2D eigenvalue weighted by Crippen LogP contribution is 2.39. The van der Waals surface area contributed by atoms with Crippen LogP contribution in [0.2, 0.25) is 0 Å². The first-order valence-electron chi connectivity index (χ1n) is 8.96. The van der Waals surface area contributed by atoms with Gasteiger partial charge in [0, 0.05) is 43.5 Å². The van der Waals surface area contributed by atoms with E-state index in [4.69, 9.17) is 0 Å². The zero-order valence-corrected chi connectivity index (χ0v) is 14.5. The van der Waals surface area contributed by atoms with Crippen molar-refractivity contribution >= 4 is 5.91 Å². The normalized spacial score (nSPS) is 25.4. The van der Waals surface area contributed by atoms with E-state index in [0.29, 0.717) is 17.8 Å². The van der Waals surface area contributed by atoms with Gasteiger partial charge in [0.15, 0.2) is 0 Å². The van der Waals surface area contributed by atoms with E-state index in [1.165, 1.54) is 32.5 Å². The lowest BCUT2D eigenvalue weighted by Gasteiger charge is -2.41. The highest BCUT2D eigenvalue weighted by Gasteiger charge is 2.42. The third-order valence-electron chi connectivity index (χ3n) is 5.21. The summed E-state index contributed by atoms with van der Waals surface area (Å²) in [5.74, 6) is 0.954. The smallest absolute Gasteiger partial charge is 0.228 e. The van der Waals surface area contributed by atoms with E-state index in [2.05, 4.69) is 28.6 Å². The number of carbonyl (C=O) groups excluding carboxylic acids is 1. The lowest BCUT2D eigenvalue weighted by molar-refractivity contribution is -0.130. The fraction of sp³-hybridized carbons (Fsp3) is 0.684. The molecule has 1 atom stereocenters. The van der Waals surface area contributed by atoms with Crippen LogP contribution in [0.3, 0.4) is 0 Å². The van der Waals surface area contributed by atoms with Crippen molar-refractivity contribution in [1.82, 2.24) is 14.8 Å². The SMILES string of the molecule is CC(C)CN1CCC[C@@]2(CCN(C(=O)Cc3ccccn3)C2)C1. The zero-order chi connectivity index (χ0) is 16.3. The van der Waals surface area contributed by atoms with Crippen LogP contribution in [0, 0.1) is 11.3 Å². The molecular formula is C19H29N3O. The van der Waals surface area contributed by atoms with E-state index >= 15 is 0 Å². The Morgan fingerprint density at radius 2 is 2.13 bits per heavy atom. The molecule has 1 aromatic heterocycles. The first-order chi connectivity index (χ1) is 11.1. The van der Waals surface area contributed by atoms with Crippen LogP contribution >= 0.6 is 0 Å². The highest BCUT2D eigenvalue weighted by atomic mass is 16.2. The van der Waals surface area contributed by atoms with Crippen LogP contribution < -0.4 is 0 Å². The van der Waals surface area contributed by atoms with Crippen LogP contribution in [0.25, 0.3) is 0 Å². The molecule has 3 heterocycles. The summed E-state index contributed by atoms with van der Waals surface area (Å²) in [6.45, 7) is 10.0. The molecule has 0 bridgehead atoms. The Bertz CT molecular complexity index is 531. The van der Waals surface area contributed by atoms with Crippen molar-refractivity contribution in [1.29, 1.82) is 0 Å². The Morgan fingerprint density at radius 1 is 1.26 bits per heavy atom. The average molecular weight is 315 g/mol. The molecule has 4 nitrogen and oxygen atoms in total. The van der Waals surface area contributed by atoms with Gasteiger partial charge >= 0.3 is 0 Å². The molecule has 1 spiro atoms. The fourth-order valence-corrected chi connectivity index (χ4v) is 4.23. The van der Waals surface area contributed by atoms with Crippen LogP contribution in [-0.4, -0.2) is 53.4 Å². The fourth-order valence-electron chi connectivity index (χ4n) is 4.23. The number of carbonyl (C=O) groups is 1. The largest absolute Gasteiger partial charge is 0.342 e. The summed E-state index contributed by atoms with van der Waals surface area (Å²) in [6.07, 6.45) is 5.91. The molecule has 1 aromatic rings. The summed E-state index contributed by atoms with van der Waals surface area (Å²) in [4.78, 5) is 21.5. The van der Waals surface area contributed by atoms with Gasteiger partial charge < -0.3 is 9.80 Å². The van der Waals surface area contributed by atoms with Crippen LogP contribution in [0.15, 0.2) is 24.4 Å². The molecule has 0 N–H and O–H groups in total. The van der Waals surface area contributed by atoms with Gasteiger partial charge in [0.25, 0.3) is 0 Å². The second kappa shape index (κ2) is 7.00. The van der Waals surface area contributed by atoms with Crippen molar-refractivity contribution < 1.29 is 4.79 Å². The van der Waals surface area contributed by atoms with Crippen molar-refractivity contribution in [2.24, 2.45) is 11.3 Å². The lowest BCUT2D eigenvalue weighted by Crippen LogP contribution is -2.46. The van der Waals surface area contributed by atoms with Crippen molar-refractivity contribution in [3.8, 4) is 0 Å². The summed E-state index contributed by atoms with van der Waals surface area (Å²) in [7, 11) is 0. The summed E-state index contributed by atoms with van der Waals surface area (Å²) in [5.41, 5.74) is 1.22. The number of pyridine rings is 1. The molecular weight excluding hydrogens is 286 g/mol. The van der Waals surface area contributed by atoms with Gasteiger partial charge in [-0.25, -0.2) is 0 Å². The Morgan fingerprint density at radius 3 is 2.87 bits per heavy atom. The second-order valence-electron chi connectivity index (χ2n) is 7.80. The van der Waals surface area contributed by atoms with Gasteiger partial charge in [-0.15, -0.1) is 0 Å². The predicted octanol–water partition coefficient (Wildman–Crippen LogP) is 2.59. The zero-order valence-electron chi connectivity index (χ0n) is 14.5. The quantitative estimate of drug-likeness (QED) is 0.857. The molecule has 2 fully saturated rings. The molecule has 0 saturated carbocycles. The second-order valence-corrected chi connectivity index (χ2v) is 7.80. The number of amides is 1. The maximum atomic E-state index is 12.6. The number of hydrogen-bond donors (Lipinski definition) is 0. The average Bonchev–Trinajstić information content (AvgIpc) is 2.91. The van der Waals surface area contributed by atoms with E-state index in [9.17, 15) is 4.79 Å². The van der Waals surface area contributed by atoms with Gasteiger partial charge in [-0.3, -0.25) is 9.78 Å². The molecule has 0 radical (unpaired) electrons. The summed E-state index contributed by atoms with van der Waals surface area (Å²) >= 11 is 0. The number of rotatable bonds is 4. The lowest BCUT2D eigenvalue weighted by atomic mass is 9.79. The summed E-state index contributed by atoms with van der Waals surface area (Å²) in [6, 6.07) is 5.78. The standard InChI is InChI=1S/C19H29N3O/c1-16(2)13-21-10-5-7-19(14-21)8-11-22(15-19)18(23)12-17-6-3-4-9-20-17/h3-4,6,9,16H,5,7-8,10-15H2,1-2H3/t19-/m1/s1. The highest BCUT2D eigenvalue weighted by molar-refractivity contribution is 5.78. The van der Waals surface area contributed by atoms with Gasteiger partial charge in [0.2, 0.25) is 5.91 Å². The molecule has 1 amide bonds. The topological polar surface area (TPSA) is 36.4 Å². The van der Waals surface area contributed by atoms with Gasteiger partial charge in [0.1, 0.15) is 0 Å². The van der Waals surface area contributed by atoms with Crippen molar-refractivity contribution in [2.45, 2.75) is 39.5 Å². The molecule has 2 saturated heterocycles. The van der Waals surface area contributed by atoms with Gasteiger partial charge in [0.05, 0.1) is 6.42 Å². The molecule has 2 aliphatic heterocycles. The minimum absolute atomic E-state index is 0.238. The van der Waals surface area contributed by atoms with E-state index in [0.717, 1.165) is 25.2 Å². The molecule has 23 heavy (non-hydrogen) atoms. The van der Waals surface area contributed by atoms with Crippen LogP contribution in [0.4, 0.5) is 0 Å². The first kappa shape index (κ1) is 16.4. The Balaban J connectivity index is 1.58. The molecule has 2 aliphatic rings. The number of aromatic nitrogens is 1. The molecule has 3 rings (SSSR count). The molecule has 0 unspecified atom stereocenters.